The van der Waals surface area contributed by atoms with Crippen molar-refractivity contribution >= 4 is 40.1 Å². The third kappa shape index (κ3) is 6.95. The average molecular weight is 506 g/mol. The van der Waals surface area contributed by atoms with E-state index in [2.05, 4.69) is 10.3 Å². The topological polar surface area (TPSA) is 71.0 Å². The number of para-hydroxylation sites is 1. The van der Waals surface area contributed by atoms with Gasteiger partial charge in [-0.15, -0.1) is 0 Å². The Bertz CT molecular complexity index is 1200. The standard InChI is InChI=1S/C28H28FN3O3S/c1-2-18-35-24-14-12-23(13-15-24)30-26(33)19-25-27(34)32(17-16-20-8-10-21(29)11-9-20)28(36-25)31-22-6-4-3-5-7-22/h3-15,25H,2,16-19H2,1H3,(H,30,33). The van der Waals surface area contributed by atoms with E-state index in [1.54, 1.807) is 29.2 Å². The first-order chi connectivity index (χ1) is 17.5. The number of anilines is 1. The minimum Gasteiger partial charge on any atom is -0.494 e. The molecule has 1 N–H and O–H groups in total. The molecule has 6 nitrogen and oxygen atoms in total. The van der Waals surface area contributed by atoms with E-state index < -0.39 is 5.25 Å². The second kappa shape index (κ2) is 12.4. The summed E-state index contributed by atoms with van der Waals surface area (Å²) in [6, 6.07) is 22.8. The van der Waals surface area contributed by atoms with Crippen molar-refractivity contribution < 1.29 is 18.7 Å². The lowest BCUT2D eigenvalue weighted by Gasteiger charge is -2.16. The fourth-order valence-corrected chi connectivity index (χ4v) is 4.85. The van der Waals surface area contributed by atoms with Crippen LogP contribution in [0.2, 0.25) is 0 Å². The molecule has 1 aliphatic heterocycles. The van der Waals surface area contributed by atoms with Gasteiger partial charge in [-0.25, -0.2) is 9.38 Å². The first kappa shape index (κ1) is 25.4. The molecule has 0 bridgehead atoms. The number of amides is 2. The molecule has 3 aromatic rings. The van der Waals surface area contributed by atoms with Gasteiger partial charge < -0.3 is 10.1 Å². The average Bonchev–Trinajstić information content (AvgIpc) is 3.17. The van der Waals surface area contributed by atoms with Crippen LogP contribution in [0, 0.1) is 5.82 Å². The van der Waals surface area contributed by atoms with Gasteiger partial charge in [0, 0.05) is 18.7 Å². The Balaban J connectivity index is 1.43. The number of halogens is 1. The molecule has 4 rings (SSSR count). The number of nitrogens with one attached hydrogen (secondary N) is 1. The highest BCUT2D eigenvalue weighted by atomic mass is 32.2. The summed E-state index contributed by atoms with van der Waals surface area (Å²) >= 11 is 1.30. The molecule has 1 unspecified atom stereocenters. The Kier molecular flexibility index (Phi) is 8.73. The van der Waals surface area contributed by atoms with Crippen LogP contribution in [0.15, 0.2) is 83.9 Å². The second-order valence-electron chi connectivity index (χ2n) is 8.33. The third-order valence-corrected chi connectivity index (χ3v) is 6.70. The SMILES string of the molecule is CCCOc1ccc(NC(=O)CC2SC(=Nc3ccccc3)N(CCc3ccc(F)cc3)C2=O)cc1. The molecule has 36 heavy (non-hydrogen) atoms. The van der Waals surface area contributed by atoms with E-state index in [-0.39, 0.29) is 24.1 Å². The summed E-state index contributed by atoms with van der Waals surface area (Å²) in [5.41, 5.74) is 2.29. The molecule has 3 aromatic carbocycles. The molecule has 0 saturated carbocycles. The maximum absolute atomic E-state index is 13.3. The lowest BCUT2D eigenvalue weighted by molar-refractivity contribution is -0.128. The van der Waals surface area contributed by atoms with E-state index in [0.29, 0.717) is 30.4 Å². The molecule has 0 spiro atoms. The summed E-state index contributed by atoms with van der Waals surface area (Å²) in [6.07, 6.45) is 1.49. The molecule has 1 fully saturated rings. The van der Waals surface area contributed by atoms with Crippen LogP contribution < -0.4 is 10.1 Å². The Morgan fingerprint density at radius 1 is 1.06 bits per heavy atom. The van der Waals surface area contributed by atoms with E-state index in [1.807, 2.05) is 49.4 Å². The van der Waals surface area contributed by atoms with Crippen molar-refractivity contribution in [2.45, 2.75) is 31.4 Å². The fraction of sp³-hybridized carbons (Fsp3) is 0.250. The smallest absolute Gasteiger partial charge is 0.242 e. The molecule has 1 atom stereocenters. The van der Waals surface area contributed by atoms with Crippen LogP contribution in [-0.2, 0) is 16.0 Å². The Morgan fingerprint density at radius 2 is 1.78 bits per heavy atom. The lowest BCUT2D eigenvalue weighted by atomic mass is 10.1. The fourth-order valence-electron chi connectivity index (χ4n) is 3.67. The Hall–Kier alpha value is -3.65. The number of carbonyl (C=O) groups is 2. The number of benzene rings is 3. The monoisotopic (exact) mass is 505 g/mol. The number of hydrogen-bond acceptors (Lipinski definition) is 5. The van der Waals surface area contributed by atoms with Gasteiger partial charge in [0.25, 0.3) is 0 Å². The van der Waals surface area contributed by atoms with Crippen LogP contribution in [0.4, 0.5) is 15.8 Å². The van der Waals surface area contributed by atoms with Gasteiger partial charge in [-0.1, -0.05) is 49.0 Å². The van der Waals surface area contributed by atoms with E-state index >= 15 is 0 Å². The van der Waals surface area contributed by atoms with Gasteiger partial charge in [0.2, 0.25) is 11.8 Å². The largest absolute Gasteiger partial charge is 0.494 e. The highest BCUT2D eigenvalue weighted by molar-refractivity contribution is 8.15. The summed E-state index contributed by atoms with van der Waals surface area (Å²) in [6.45, 7) is 3.06. The number of nitrogens with zero attached hydrogens (tertiary/aromatic N) is 2. The van der Waals surface area contributed by atoms with Crippen molar-refractivity contribution in [1.29, 1.82) is 0 Å². The zero-order valence-electron chi connectivity index (χ0n) is 20.0. The molecule has 1 heterocycles. The Labute approximate surface area is 214 Å². The van der Waals surface area contributed by atoms with Crippen molar-refractivity contribution in [3.63, 3.8) is 0 Å². The first-order valence-corrected chi connectivity index (χ1v) is 12.8. The molecule has 8 heteroatoms. The summed E-state index contributed by atoms with van der Waals surface area (Å²) in [5, 5.41) is 2.84. The molecule has 0 aliphatic carbocycles. The Morgan fingerprint density at radius 3 is 2.47 bits per heavy atom. The molecular weight excluding hydrogens is 477 g/mol. The number of aliphatic imine (C=N–C) groups is 1. The second-order valence-corrected chi connectivity index (χ2v) is 9.50. The summed E-state index contributed by atoms with van der Waals surface area (Å²) < 4.78 is 18.8. The van der Waals surface area contributed by atoms with Crippen LogP contribution >= 0.6 is 11.8 Å². The molecule has 0 radical (unpaired) electrons. The minimum atomic E-state index is -0.576. The molecule has 1 saturated heterocycles. The molecule has 186 valence electrons. The maximum Gasteiger partial charge on any atom is 0.242 e. The van der Waals surface area contributed by atoms with E-state index in [9.17, 15) is 14.0 Å². The van der Waals surface area contributed by atoms with Crippen molar-refractivity contribution in [3.8, 4) is 5.75 Å². The van der Waals surface area contributed by atoms with Crippen molar-refractivity contribution in [1.82, 2.24) is 4.90 Å². The van der Waals surface area contributed by atoms with Crippen LogP contribution in [0.5, 0.6) is 5.75 Å². The van der Waals surface area contributed by atoms with Crippen molar-refractivity contribution in [3.05, 3.63) is 90.2 Å². The summed E-state index contributed by atoms with van der Waals surface area (Å²) in [7, 11) is 0. The summed E-state index contributed by atoms with van der Waals surface area (Å²) in [5.74, 6) is 0.0415. The quantitative estimate of drug-likeness (QED) is 0.377. The predicted molar refractivity (Wildman–Crippen MR) is 142 cm³/mol. The van der Waals surface area contributed by atoms with Crippen LogP contribution in [0.3, 0.4) is 0 Å². The minimum absolute atomic E-state index is 0.0262. The number of carbonyl (C=O) groups excluding carboxylic acids is 2. The summed E-state index contributed by atoms with van der Waals surface area (Å²) in [4.78, 5) is 32.3. The first-order valence-electron chi connectivity index (χ1n) is 11.9. The molecular formula is C28H28FN3O3S. The van der Waals surface area contributed by atoms with E-state index in [1.165, 1.54) is 23.9 Å². The number of ether oxygens (including phenoxy) is 1. The van der Waals surface area contributed by atoms with Gasteiger partial charge in [0.05, 0.1) is 12.3 Å². The van der Waals surface area contributed by atoms with Gasteiger partial charge in [-0.05, 0) is 66.9 Å². The lowest BCUT2D eigenvalue weighted by Crippen LogP contribution is -2.35. The number of amidine groups is 1. The van der Waals surface area contributed by atoms with Gasteiger partial charge in [0.1, 0.15) is 16.8 Å². The van der Waals surface area contributed by atoms with Gasteiger partial charge in [-0.3, -0.25) is 14.5 Å². The third-order valence-electron chi connectivity index (χ3n) is 5.52. The molecule has 1 aliphatic rings. The van der Waals surface area contributed by atoms with Crippen LogP contribution in [0.25, 0.3) is 0 Å². The van der Waals surface area contributed by atoms with Gasteiger partial charge in [-0.2, -0.15) is 0 Å². The zero-order chi connectivity index (χ0) is 25.3. The predicted octanol–water partition coefficient (Wildman–Crippen LogP) is 5.82. The number of thioether (sulfide) groups is 1. The highest BCUT2D eigenvalue weighted by Crippen LogP contribution is 2.32. The van der Waals surface area contributed by atoms with Crippen molar-refractivity contribution in [2.75, 3.05) is 18.5 Å². The van der Waals surface area contributed by atoms with Gasteiger partial charge in [0.15, 0.2) is 5.17 Å². The normalized spacial score (nSPS) is 16.4. The molecule has 2 amide bonds. The molecule has 0 aromatic heterocycles. The highest BCUT2D eigenvalue weighted by Gasteiger charge is 2.39. The van der Waals surface area contributed by atoms with E-state index in [4.69, 9.17) is 4.74 Å². The van der Waals surface area contributed by atoms with Crippen LogP contribution in [-0.4, -0.2) is 40.3 Å². The van der Waals surface area contributed by atoms with Gasteiger partial charge >= 0.3 is 0 Å². The number of hydrogen-bond donors (Lipinski definition) is 1. The van der Waals surface area contributed by atoms with Crippen LogP contribution in [0.1, 0.15) is 25.3 Å². The van der Waals surface area contributed by atoms with Crippen molar-refractivity contribution in [2.24, 2.45) is 4.99 Å². The number of rotatable bonds is 10. The zero-order valence-corrected chi connectivity index (χ0v) is 20.8. The van der Waals surface area contributed by atoms with E-state index in [0.717, 1.165) is 23.4 Å². The maximum atomic E-state index is 13.3.